The van der Waals surface area contributed by atoms with Crippen molar-refractivity contribution in [1.82, 2.24) is 5.32 Å². The summed E-state index contributed by atoms with van der Waals surface area (Å²) in [6, 6.07) is 0. The fourth-order valence-corrected chi connectivity index (χ4v) is 1.06. The quantitative estimate of drug-likeness (QED) is 0.269. The molecule has 1 rings (SSSR count). The first-order valence-corrected chi connectivity index (χ1v) is 3.45. The van der Waals surface area contributed by atoms with Crippen molar-refractivity contribution in [2.24, 2.45) is 0 Å². The Morgan fingerprint density at radius 1 is 1.42 bits per heavy atom. The molecule has 1 saturated heterocycles. The molecule has 6 heteroatoms. The van der Waals surface area contributed by atoms with E-state index in [1.165, 1.54) is 0 Å². The highest BCUT2D eigenvalue weighted by atomic mass is 16.4. The number of piperidine rings is 1. The minimum Gasteiger partial charge on any atom is -0.387 e. The fourth-order valence-electron chi connectivity index (χ4n) is 1.06. The average Bonchev–Trinajstić information content (AvgIpc) is 1.97. The minimum atomic E-state index is -1.89. The molecule has 0 bridgehead atoms. The lowest BCUT2D eigenvalue weighted by Crippen LogP contribution is -2.69. The third-order valence-electron chi connectivity index (χ3n) is 1.87. The van der Waals surface area contributed by atoms with Gasteiger partial charge in [-0.25, -0.2) is 0 Å². The zero-order valence-electron chi connectivity index (χ0n) is 6.43. The first-order valence-electron chi connectivity index (χ1n) is 3.45. The second-order valence-corrected chi connectivity index (χ2v) is 3.02. The Balaban J connectivity index is 2.85. The molecule has 1 aliphatic heterocycles. The summed E-state index contributed by atoms with van der Waals surface area (Å²) < 4.78 is 0. The van der Waals surface area contributed by atoms with Gasteiger partial charge < -0.3 is 25.7 Å². The van der Waals surface area contributed by atoms with Crippen LogP contribution in [0.15, 0.2) is 0 Å². The molecule has 6 nitrogen and oxygen atoms in total. The fraction of sp³-hybridized carbons (Fsp3) is 0.833. The molecule has 0 spiro atoms. The van der Waals surface area contributed by atoms with Gasteiger partial charge in [-0.2, -0.15) is 0 Å². The molecule has 0 aromatic rings. The zero-order chi connectivity index (χ0) is 9.52. The van der Waals surface area contributed by atoms with Crippen molar-refractivity contribution in [2.75, 3.05) is 0 Å². The van der Waals surface area contributed by atoms with Crippen LogP contribution in [0.4, 0.5) is 0 Å². The molecular formula is C6H11NO5. The Morgan fingerprint density at radius 3 is 2.42 bits per heavy atom. The maximum Gasteiger partial charge on any atom is 0.253 e. The second-order valence-electron chi connectivity index (χ2n) is 3.02. The van der Waals surface area contributed by atoms with Crippen LogP contribution in [0.2, 0.25) is 0 Å². The SMILES string of the molecule is CC1(O)NC(=O)C(O)C(O)C1O. The van der Waals surface area contributed by atoms with E-state index >= 15 is 0 Å². The van der Waals surface area contributed by atoms with Crippen LogP contribution in [0, 0.1) is 0 Å². The van der Waals surface area contributed by atoms with Crippen molar-refractivity contribution in [3.8, 4) is 0 Å². The standard InChI is InChI=1S/C6H11NO5/c1-6(12)4(10)2(8)3(9)5(11)7-6/h2-4,8-10,12H,1H3,(H,7,11). The molecule has 1 fully saturated rings. The maximum absolute atomic E-state index is 10.8. The van der Waals surface area contributed by atoms with Gasteiger partial charge in [0, 0.05) is 0 Å². The molecule has 0 aromatic heterocycles. The minimum absolute atomic E-state index is 0.905. The van der Waals surface area contributed by atoms with Gasteiger partial charge in [-0.05, 0) is 6.92 Å². The van der Waals surface area contributed by atoms with E-state index in [0.29, 0.717) is 0 Å². The van der Waals surface area contributed by atoms with E-state index in [2.05, 4.69) is 0 Å². The number of hydrogen-bond acceptors (Lipinski definition) is 5. The summed E-state index contributed by atoms with van der Waals surface area (Å²) in [7, 11) is 0. The summed E-state index contributed by atoms with van der Waals surface area (Å²) >= 11 is 0. The second kappa shape index (κ2) is 2.67. The van der Waals surface area contributed by atoms with Gasteiger partial charge in [-0.15, -0.1) is 0 Å². The van der Waals surface area contributed by atoms with Crippen molar-refractivity contribution in [2.45, 2.75) is 31.0 Å². The van der Waals surface area contributed by atoms with Crippen molar-refractivity contribution in [3.63, 3.8) is 0 Å². The van der Waals surface area contributed by atoms with Crippen LogP contribution in [-0.4, -0.2) is 50.4 Å². The maximum atomic E-state index is 10.8. The van der Waals surface area contributed by atoms with Crippen LogP contribution in [0.3, 0.4) is 0 Å². The van der Waals surface area contributed by atoms with Crippen LogP contribution in [0.1, 0.15) is 6.92 Å². The van der Waals surface area contributed by atoms with Crippen LogP contribution < -0.4 is 5.32 Å². The Morgan fingerprint density at radius 2 is 1.92 bits per heavy atom. The lowest BCUT2D eigenvalue weighted by molar-refractivity contribution is -0.195. The van der Waals surface area contributed by atoms with Crippen molar-refractivity contribution < 1.29 is 25.2 Å². The molecule has 0 saturated carbocycles. The number of carbonyl (C=O) groups is 1. The van der Waals surface area contributed by atoms with Crippen LogP contribution in [-0.2, 0) is 4.79 Å². The summed E-state index contributed by atoms with van der Waals surface area (Å²) in [6.07, 6.45) is -4.95. The smallest absolute Gasteiger partial charge is 0.253 e. The van der Waals surface area contributed by atoms with Crippen LogP contribution >= 0.6 is 0 Å². The van der Waals surface area contributed by atoms with Crippen LogP contribution in [0.25, 0.3) is 0 Å². The summed E-state index contributed by atoms with van der Waals surface area (Å²) in [5, 5.41) is 38.3. The summed E-state index contributed by atoms with van der Waals surface area (Å²) in [6.45, 7) is 1.13. The van der Waals surface area contributed by atoms with E-state index in [1.54, 1.807) is 0 Å². The first kappa shape index (κ1) is 9.40. The monoisotopic (exact) mass is 177 g/mol. The largest absolute Gasteiger partial charge is 0.387 e. The van der Waals surface area contributed by atoms with Crippen molar-refractivity contribution >= 4 is 5.91 Å². The summed E-state index contributed by atoms with van der Waals surface area (Å²) in [5.41, 5.74) is -1.89. The molecule has 1 amide bonds. The van der Waals surface area contributed by atoms with Gasteiger partial charge in [0.2, 0.25) is 0 Å². The average molecular weight is 177 g/mol. The number of aliphatic hydroxyl groups excluding tert-OH is 3. The third-order valence-corrected chi connectivity index (χ3v) is 1.87. The lowest BCUT2D eigenvalue weighted by Gasteiger charge is -2.39. The van der Waals surface area contributed by atoms with Gasteiger partial charge in [-0.3, -0.25) is 4.79 Å². The molecule has 0 aromatic carbocycles. The summed E-state index contributed by atoms with van der Waals surface area (Å²) in [4.78, 5) is 10.8. The highest BCUT2D eigenvalue weighted by Gasteiger charge is 2.47. The van der Waals surface area contributed by atoms with Crippen molar-refractivity contribution in [3.05, 3.63) is 0 Å². The normalized spacial score (nSPS) is 48.8. The Labute approximate surface area is 68.4 Å². The van der Waals surface area contributed by atoms with E-state index in [-0.39, 0.29) is 0 Å². The highest BCUT2D eigenvalue weighted by molar-refractivity contribution is 5.83. The number of amides is 1. The molecule has 1 heterocycles. The van der Waals surface area contributed by atoms with Gasteiger partial charge in [0.1, 0.15) is 12.2 Å². The number of hydrogen-bond donors (Lipinski definition) is 5. The lowest BCUT2D eigenvalue weighted by atomic mass is 9.94. The van der Waals surface area contributed by atoms with Gasteiger partial charge in [0.05, 0.1) is 0 Å². The molecule has 70 valence electrons. The molecule has 12 heavy (non-hydrogen) atoms. The predicted molar refractivity (Wildman–Crippen MR) is 36.8 cm³/mol. The highest BCUT2D eigenvalue weighted by Crippen LogP contribution is 2.18. The Hall–Kier alpha value is -0.690. The van der Waals surface area contributed by atoms with E-state index in [1.807, 2.05) is 5.32 Å². The number of nitrogens with one attached hydrogen (secondary N) is 1. The molecule has 4 unspecified atom stereocenters. The number of carbonyl (C=O) groups excluding carboxylic acids is 1. The number of aliphatic hydroxyl groups is 4. The van der Waals surface area contributed by atoms with E-state index in [4.69, 9.17) is 15.3 Å². The van der Waals surface area contributed by atoms with E-state index in [9.17, 15) is 9.90 Å². The zero-order valence-corrected chi connectivity index (χ0v) is 6.43. The molecular weight excluding hydrogens is 166 g/mol. The topological polar surface area (TPSA) is 110 Å². The van der Waals surface area contributed by atoms with Crippen molar-refractivity contribution in [1.29, 1.82) is 0 Å². The van der Waals surface area contributed by atoms with E-state index < -0.39 is 29.9 Å². The van der Waals surface area contributed by atoms with Gasteiger partial charge in [0.25, 0.3) is 5.91 Å². The Bertz CT molecular complexity index is 204. The predicted octanol–water partition coefficient (Wildman–Crippen LogP) is -3.09. The van der Waals surface area contributed by atoms with Gasteiger partial charge >= 0.3 is 0 Å². The molecule has 4 atom stereocenters. The summed E-state index contributed by atoms with van der Waals surface area (Å²) in [5.74, 6) is -0.905. The first-order chi connectivity index (χ1) is 5.36. The third kappa shape index (κ3) is 1.29. The molecule has 5 N–H and O–H groups in total. The molecule has 1 aliphatic rings. The molecule has 0 radical (unpaired) electrons. The Kier molecular flexibility index (Phi) is 2.09. The number of rotatable bonds is 0. The van der Waals surface area contributed by atoms with Crippen LogP contribution in [0.5, 0.6) is 0 Å². The van der Waals surface area contributed by atoms with Gasteiger partial charge in [-0.1, -0.05) is 0 Å². The van der Waals surface area contributed by atoms with Gasteiger partial charge in [0.15, 0.2) is 11.8 Å². The van der Waals surface area contributed by atoms with E-state index in [0.717, 1.165) is 6.92 Å². The molecule has 0 aliphatic carbocycles.